The summed E-state index contributed by atoms with van der Waals surface area (Å²) in [5.41, 5.74) is 12.3. The Labute approximate surface area is 610 Å². The van der Waals surface area contributed by atoms with Gasteiger partial charge in [0.05, 0.1) is 0 Å². The minimum Gasteiger partial charge on any atom is -0.0654 e. The van der Waals surface area contributed by atoms with Crippen LogP contribution in [0.15, 0.2) is 164 Å². The van der Waals surface area contributed by atoms with Crippen molar-refractivity contribution < 1.29 is 0 Å². The van der Waals surface area contributed by atoms with Crippen molar-refractivity contribution >= 4 is 129 Å². The lowest BCUT2D eigenvalue weighted by molar-refractivity contribution is 0.544. The Morgan fingerprint density at radius 3 is 0.480 bits per heavy atom. The van der Waals surface area contributed by atoms with Crippen LogP contribution in [0.2, 0.25) is 0 Å². The van der Waals surface area contributed by atoms with Crippen molar-refractivity contribution in [1.82, 2.24) is 0 Å². The van der Waals surface area contributed by atoms with Gasteiger partial charge in [0, 0.05) is 0 Å². The Hall–Kier alpha value is -7.80. The van der Waals surface area contributed by atoms with Gasteiger partial charge in [0.25, 0.3) is 0 Å². The third-order valence-electron chi connectivity index (χ3n) is 25.0. The molecule has 0 fully saturated rings. The highest BCUT2D eigenvalue weighted by Crippen LogP contribution is 2.62. The second-order valence-electron chi connectivity index (χ2n) is 32.3. The van der Waals surface area contributed by atoms with E-state index in [0.29, 0.717) is 0 Å². The number of hydrogen-bond donors (Lipinski definition) is 0. The van der Waals surface area contributed by atoms with E-state index in [1.807, 2.05) is 0 Å². The molecule has 0 amide bonds. The van der Waals surface area contributed by atoms with Crippen molar-refractivity contribution in [3.63, 3.8) is 0 Å². The number of rotatable bonds is 42. The molecule has 16 aromatic carbocycles. The average molecular weight is 1340 g/mol. The summed E-state index contributed by atoms with van der Waals surface area (Å²) in [6.07, 6.45) is 52.5. The highest BCUT2D eigenvalue weighted by atomic mass is 14.4. The van der Waals surface area contributed by atoms with E-state index in [-0.39, 0.29) is 0 Å². The van der Waals surface area contributed by atoms with E-state index < -0.39 is 0 Å². The molecule has 0 radical (unpaired) electrons. The van der Waals surface area contributed by atoms with Crippen LogP contribution in [-0.4, -0.2) is 0 Å². The molecule has 0 aromatic heterocycles. The lowest BCUT2D eigenvalue weighted by atomic mass is 9.72. The molecule has 0 aliphatic heterocycles. The van der Waals surface area contributed by atoms with Gasteiger partial charge >= 0.3 is 0 Å². The average Bonchev–Trinajstić information content (AvgIpc) is 0.643. The molecule has 16 rings (SSSR count). The first-order valence-electron chi connectivity index (χ1n) is 42.1. The number of hydrogen-bond acceptors (Lipinski definition) is 0. The molecule has 0 unspecified atom stereocenters. The molecule has 0 aliphatic rings. The minimum absolute atomic E-state index is 1.09. The summed E-state index contributed by atoms with van der Waals surface area (Å²) < 4.78 is 0. The number of aryl methyl sites for hydroxylation is 3. The van der Waals surface area contributed by atoms with Crippen LogP contribution in [-0.2, 0) is 19.3 Å². The van der Waals surface area contributed by atoms with E-state index in [9.17, 15) is 0 Å². The molecule has 0 bridgehead atoms. The highest BCUT2D eigenvalue weighted by Gasteiger charge is 2.33. The van der Waals surface area contributed by atoms with E-state index >= 15 is 0 Å². The molecule has 102 heavy (non-hydrogen) atoms. The van der Waals surface area contributed by atoms with Crippen LogP contribution in [0.3, 0.4) is 0 Å². The van der Waals surface area contributed by atoms with Crippen LogP contribution in [0.1, 0.15) is 269 Å². The number of benzene rings is 16. The molecule has 0 aliphatic carbocycles. The lowest BCUT2D eigenvalue weighted by Crippen LogP contribution is -2.02. The lowest BCUT2D eigenvalue weighted by Gasteiger charge is -2.30. The summed E-state index contributed by atoms with van der Waals surface area (Å²) in [5.74, 6) is 0. The fourth-order valence-electron chi connectivity index (χ4n) is 19.8. The number of unbranched alkanes of at least 4 members (excludes halogenated alkanes) is 33. The zero-order chi connectivity index (χ0) is 68.7. The normalized spacial score (nSPS) is 12.6. The molecule has 0 saturated heterocycles. The van der Waals surface area contributed by atoms with Crippen molar-refractivity contribution in [1.29, 1.82) is 0 Å². The summed E-state index contributed by atoms with van der Waals surface area (Å²) in [6.45, 7) is 6.99. The van der Waals surface area contributed by atoms with Crippen LogP contribution in [0, 0.1) is 0 Å². The standard InChI is InChI=1S/C102H114/c1-4-7-10-13-16-19-22-25-28-31-34-40-49-70-58-79-80-59-71(50-41-35-32-29-26-23-20-17-14-11-8-5-2)61-82-87-66-77(74-54-45-38-46-55-74)68-89-90-69-78(75-56-47-39-48-57-75)67-88-84-63-72(51-42-36-33-30-27-24-21-18-15-12-9-6-3)62-83-86-65-76(73-52-43-37-44-53-73)64-85-81(60-70)91(79)97-98(92(80)82)101(95(87)89)102(96(88)90)99(93(83)84)100(97)94(85)86/h37-39,43-48,52-69H,4-36,40-42,49-51H2,1-3H3. The molecule has 0 atom stereocenters. The first-order valence-corrected chi connectivity index (χ1v) is 42.1. The Bertz CT molecular complexity index is 5340. The molecule has 0 heteroatoms. The van der Waals surface area contributed by atoms with Crippen LogP contribution >= 0.6 is 0 Å². The van der Waals surface area contributed by atoms with Gasteiger partial charge in [-0.3, -0.25) is 0 Å². The predicted molar refractivity (Wildman–Crippen MR) is 454 cm³/mol. The third kappa shape index (κ3) is 13.5. The third-order valence-corrected chi connectivity index (χ3v) is 25.0. The van der Waals surface area contributed by atoms with Gasteiger partial charge in [-0.05, 0) is 254 Å². The number of fused-ring (bicyclic) bond motifs is 6. The van der Waals surface area contributed by atoms with Crippen molar-refractivity contribution in [2.75, 3.05) is 0 Å². The molecule has 522 valence electrons. The van der Waals surface area contributed by atoms with Gasteiger partial charge in [0.1, 0.15) is 0 Å². The second-order valence-corrected chi connectivity index (χ2v) is 32.3. The molecular formula is C102H114. The maximum atomic E-state index is 2.75. The topological polar surface area (TPSA) is 0 Å². The maximum Gasteiger partial charge on any atom is -0.0000469 e. The molecule has 0 spiro atoms. The Kier molecular flexibility index (Phi) is 21.6. The monoisotopic (exact) mass is 1340 g/mol. The van der Waals surface area contributed by atoms with Gasteiger partial charge in [-0.2, -0.15) is 0 Å². The summed E-state index contributed by atoms with van der Waals surface area (Å²) >= 11 is 0. The first kappa shape index (κ1) is 68.6. The van der Waals surface area contributed by atoms with Crippen LogP contribution < -0.4 is 0 Å². The fourth-order valence-corrected chi connectivity index (χ4v) is 19.8. The van der Waals surface area contributed by atoms with Crippen LogP contribution in [0.4, 0.5) is 0 Å². The zero-order valence-corrected chi connectivity index (χ0v) is 62.7. The van der Waals surface area contributed by atoms with Crippen LogP contribution in [0.25, 0.3) is 163 Å². The molecule has 16 aromatic rings. The zero-order valence-electron chi connectivity index (χ0n) is 62.7. The van der Waals surface area contributed by atoms with Crippen molar-refractivity contribution in [2.45, 2.75) is 271 Å². The molecule has 0 saturated carbocycles. The second kappa shape index (κ2) is 32.1. The highest BCUT2D eigenvalue weighted by molar-refractivity contribution is 6.61. The molecule has 0 nitrogen and oxygen atoms in total. The van der Waals surface area contributed by atoms with Gasteiger partial charge in [0.15, 0.2) is 0 Å². The fraction of sp³-hybridized carbons (Fsp3) is 0.412. The molecular weight excluding hydrogens is 1230 g/mol. The van der Waals surface area contributed by atoms with Crippen molar-refractivity contribution in [2.24, 2.45) is 0 Å². The predicted octanol–water partition coefficient (Wildman–Crippen LogP) is 32.9. The van der Waals surface area contributed by atoms with E-state index in [1.165, 1.54) is 410 Å². The smallest absolute Gasteiger partial charge is 0.0000469 e. The van der Waals surface area contributed by atoms with Gasteiger partial charge in [-0.15, -0.1) is 0 Å². The summed E-state index contributed by atoms with van der Waals surface area (Å²) in [7, 11) is 0. The van der Waals surface area contributed by atoms with Gasteiger partial charge in [-0.25, -0.2) is 0 Å². The van der Waals surface area contributed by atoms with E-state index in [4.69, 9.17) is 0 Å². The summed E-state index contributed by atoms with van der Waals surface area (Å²) in [6, 6.07) is 66.5. The molecule has 0 N–H and O–H groups in total. The van der Waals surface area contributed by atoms with E-state index in [0.717, 1.165) is 19.3 Å². The Balaban J connectivity index is 0.916. The summed E-state index contributed by atoms with van der Waals surface area (Å²) in [5, 5.41) is 35.1. The molecule has 0 heterocycles. The SMILES string of the molecule is CCCCCCCCCCCCCCc1cc2c3cc(CCCCCCCCCCCCCC)cc4c5cc(-c6ccccc6)cc6c7cc(-c8ccccc8)cc8c9cc(CCCCCCCCCCCCCC)cc%10c%11cc(-c%12ccccc%12)cc%12c(c1)c2c1c(c34)c(c56)c(c87)c(c%109)c1c%12%11. The van der Waals surface area contributed by atoms with E-state index in [2.05, 4.69) is 185 Å². The maximum absolute atomic E-state index is 2.75. The quantitative estimate of drug-likeness (QED) is 0.0203. The summed E-state index contributed by atoms with van der Waals surface area (Å²) in [4.78, 5) is 0. The van der Waals surface area contributed by atoms with Crippen molar-refractivity contribution in [3.05, 3.63) is 180 Å². The largest absolute Gasteiger partial charge is 0.0654 e. The van der Waals surface area contributed by atoms with Gasteiger partial charge in [-0.1, -0.05) is 360 Å². The van der Waals surface area contributed by atoms with Crippen LogP contribution in [0.5, 0.6) is 0 Å². The van der Waals surface area contributed by atoms with E-state index in [1.54, 1.807) is 0 Å². The minimum atomic E-state index is 1.09. The van der Waals surface area contributed by atoms with Crippen molar-refractivity contribution in [3.8, 4) is 33.4 Å². The van der Waals surface area contributed by atoms with Gasteiger partial charge in [0.2, 0.25) is 0 Å². The first-order chi connectivity index (χ1) is 50.6. The Morgan fingerprint density at radius 2 is 0.304 bits per heavy atom. The van der Waals surface area contributed by atoms with Gasteiger partial charge < -0.3 is 0 Å². The Morgan fingerprint density at radius 1 is 0.147 bits per heavy atom.